The van der Waals surface area contributed by atoms with Crippen LogP contribution in [0.25, 0.3) is 118 Å². The summed E-state index contributed by atoms with van der Waals surface area (Å²) in [6.45, 7) is 13.2. The van der Waals surface area contributed by atoms with Gasteiger partial charge in [-0.15, -0.1) is 0 Å². The Labute approximate surface area is 426 Å². The minimum absolute atomic E-state index is 0.532. The maximum atomic E-state index is 5.41. The Kier molecular flexibility index (Phi) is 11.5. The fraction of sp³-hybridized carbons (Fsp3) is 0.0896. The predicted octanol–water partition coefficient (Wildman–Crippen LogP) is 16.9. The molecule has 0 aliphatic heterocycles. The summed E-state index contributed by atoms with van der Waals surface area (Å²) in [6.07, 6.45) is 0. The number of aromatic nitrogens is 6. The molecule has 0 aliphatic carbocycles. The highest BCUT2D eigenvalue weighted by Gasteiger charge is 2.23. The summed E-state index contributed by atoms with van der Waals surface area (Å²) >= 11 is 0. The normalized spacial score (nSPS) is 11.4. The number of hydrogen-bond donors (Lipinski definition) is 0. The maximum Gasteiger partial charge on any atom is 0.166 e. The lowest BCUT2D eigenvalue weighted by molar-refractivity contribution is 1.06. The Morgan fingerprint density at radius 2 is 0.658 bits per heavy atom. The Morgan fingerprint density at radius 3 is 1.08 bits per heavy atom. The predicted molar refractivity (Wildman–Crippen MR) is 302 cm³/mol. The second-order valence-corrected chi connectivity index (χ2v) is 19.3. The molecule has 6 nitrogen and oxygen atoms in total. The van der Waals surface area contributed by atoms with Gasteiger partial charge in [0.2, 0.25) is 0 Å². The number of nitrogens with zero attached hydrogens (tertiary/aromatic N) is 6. The molecule has 0 saturated heterocycles. The third kappa shape index (κ3) is 8.47. The van der Waals surface area contributed by atoms with Crippen molar-refractivity contribution in [1.29, 1.82) is 0 Å². The maximum absolute atomic E-state index is 5.41. The summed E-state index contributed by atoms with van der Waals surface area (Å²) in [7, 11) is 0. The summed E-state index contributed by atoms with van der Waals surface area (Å²) in [6, 6.07) is 72.7. The number of hydrogen-bond acceptors (Lipinski definition) is 5. The Morgan fingerprint density at radius 1 is 0.288 bits per heavy atom. The van der Waals surface area contributed by atoms with Crippen LogP contribution in [-0.2, 0) is 0 Å². The molecule has 12 aromatic rings. The van der Waals surface area contributed by atoms with Gasteiger partial charge in [0.05, 0.1) is 28.1 Å². The first-order chi connectivity index (χ1) is 35.6. The van der Waals surface area contributed by atoms with Crippen LogP contribution < -0.4 is 0 Å². The Bertz CT molecular complexity index is 3790. The van der Waals surface area contributed by atoms with E-state index in [9.17, 15) is 0 Å². The molecule has 0 aliphatic rings. The molecule has 3 heterocycles. The zero-order chi connectivity index (χ0) is 49.7. The van der Waals surface area contributed by atoms with Crippen LogP contribution in [0.3, 0.4) is 0 Å². The van der Waals surface area contributed by atoms with Crippen molar-refractivity contribution in [3.63, 3.8) is 0 Å². The molecule has 0 N–H and O–H groups in total. The molecule has 0 bridgehead atoms. The molecule has 73 heavy (non-hydrogen) atoms. The lowest BCUT2D eigenvalue weighted by Gasteiger charge is -2.18. The van der Waals surface area contributed by atoms with E-state index < -0.39 is 0 Å². The van der Waals surface area contributed by atoms with Crippen LogP contribution in [0.4, 0.5) is 0 Å². The molecule has 12 rings (SSSR count). The van der Waals surface area contributed by atoms with Gasteiger partial charge in [-0.3, -0.25) is 0 Å². The van der Waals surface area contributed by atoms with Gasteiger partial charge in [-0.25, -0.2) is 24.9 Å². The second-order valence-electron chi connectivity index (χ2n) is 19.3. The lowest BCUT2D eigenvalue weighted by Crippen LogP contribution is -2.05. The third-order valence-electron chi connectivity index (χ3n) is 14.0. The molecule has 0 unspecified atom stereocenters. The molecule has 0 radical (unpaired) electrons. The van der Waals surface area contributed by atoms with E-state index in [1.165, 1.54) is 44.5 Å². The highest BCUT2D eigenvalue weighted by molar-refractivity contribution is 6.12. The van der Waals surface area contributed by atoms with E-state index in [2.05, 4.69) is 180 Å². The molecule has 3 aromatic heterocycles. The summed E-state index contributed by atoms with van der Waals surface area (Å²) in [5.41, 5.74) is 22.5. The average Bonchev–Trinajstić information content (AvgIpc) is 3.74. The quantitative estimate of drug-likeness (QED) is 0.144. The first-order valence-electron chi connectivity index (χ1n) is 24.9. The number of benzene rings is 9. The van der Waals surface area contributed by atoms with Crippen LogP contribution in [0.5, 0.6) is 0 Å². The molecule has 350 valence electrons. The topological polar surface area (TPSA) is 69.4 Å². The van der Waals surface area contributed by atoms with Crippen LogP contribution >= 0.6 is 0 Å². The largest absolute Gasteiger partial charge is 0.308 e. The molecule has 9 aromatic carbocycles. The SMILES string of the molecule is Cc1cc(C)c(-c2ccc3c4ccc(-c5c(C)cc(C)cc5C)cc4n(-c4ccc(-c5nc(-c6ccccc6)cc(-c6ccccc6)n5)cc4-c4nc(-c5ccccc5)nc(-c5ccccc5)n4)c3c2)c(C)c1. The average molecular weight is 941 g/mol. The molecule has 0 saturated carbocycles. The lowest BCUT2D eigenvalue weighted by atomic mass is 9.92. The Balaban J connectivity index is 1.19. The van der Waals surface area contributed by atoms with E-state index in [4.69, 9.17) is 24.9 Å². The molecule has 0 amide bonds. The summed E-state index contributed by atoms with van der Waals surface area (Å²) < 4.78 is 2.43. The van der Waals surface area contributed by atoms with Gasteiger partial charge in [-0.05, 0) is 122 Å². The molecular weight excluding hydrogens is 889 g/mol. The van der Waals surface area contributed by atoms with E-state index in [1.807, 2.05) is 72.8 Å². The van der Waals surface area contributed by atoms with Gasteiger partial charge < -0.3 is 4.57 Å². The van der Waals surface area contributed by atoms with Crippen molar-refractivity contribution in [3.05, 3.63) is 240 Å². The first kappa shape index (κ1) is 45.0. The van der Waals surface area contributed by atoms with Crippen LogP contribution in [0.15, 0.2) is 206 Å². The fourth-order valence-electron chi connectivity index (χ4n) is 10.9. The van der Waals surface area contributed by atoms with Crippen molar-refractivity contribution in [2.75, 3.05) is 0 Å². The van der Waals surface area contributed by atoms with Gasteiger partial charge in [0.1, 0.15) is 0 Å². The molecular formula is C67H52N6. The zero-order valence-electron chi connectivity index (χ0n) is 41.8. The van der Waals surface area contributed by atoms with Crippen molar-refractivity contribution in [3.8, 4) is 96.0 Å². The number of fused-ring (bicyclic) bond motifs is 3. The highest BCUT2D eigenvalue weighted by atomic mass is 15.1. The summed E-state index contributed by atoms with van der Waals surface area (Å²) in [5, 5.41) is 2.30. The number of rotatable bonds is 9. The highest BCUT2D eigenvalue weighted by Crippen LogP contribution is 2.43. The minimum atomic E-state index is 0.532. The fourth-order valence-corrected chi connectivity index (χ4v) is 10.9. The summed E-state index contributed by atoms with van der Waals surface area (Å²) in [4.78, 5) is 26.6. The van der Waals surface area contributed by atoms with Gasteiger partial charge in [-0.1, -0.05) is 181 Å². The second kappa shape index (κ2) is 18.6. The van der Waals surface area contributed by atoms with Crippen molar-refractivity contribution in [1.82, 2.24) is 29.5 Å². The molecule has 0 spiro atoms. The van der Waals surface area contributed by atoms with E-state index in [0.29, 0.717) is 23.3 Å². The first-order valence-corrected chi connectivity index (χ1v) is 24.9. The summed E-state index contributed by atoms with van der Waals surface area (Å²) in [5.74, 6) is 2.29. The van der Waals surface area contributed by atoms with Crippen LogP contribution in [0.2, 0.25) is 0 Å². The van der Waals surface area contributed by atoms with Crippen molar-refractivity contribution < 1.29 is 0 Å². The van der Waals surface area contributed by atoms with Crippen molar-refractivity contribution >= 4 is 21.8 Å². The monoisotopic (exact) mass is 940 g/mol. The van der Waals surface area contributed by atoms with Crippen LogP contribution in [-0.4, -0.2) is 29.5 Å². The smallest absolute Gasteiger partial charge is 0.166 e. The van der Waals surface area contributed by atoms with Crippen molar-refractivity contribution in [2.45, 2.75) is 41.5 Å². The minimum Gasteiger partial charge on any atom is -0.308 e. The number of aryl methyl sites for hydroxylation is 6. The Hall–Kier alpha value is -9.13. The third-order valence-corrected chi connectivity index (χ3v) is 14.0. The van der Waals surface area contributed by atoms with Gasteiger partial charge in [0.25, 0.3) is 0 Å². The van der Waals surface area contributed by atoms with Crippen molar-refractivity contribution in [2.24, 2.45) is 0 Å². The van der Waals surface area contributed by atoms with Gasteiger partial charge >= 0.3 is 0 Å². The van der Waals surface area contributed by atoms with Gasteiger partial charge in [0, 0.05) is 44.2 Å². The van der Waals surface area contributed by atoms with Gasteiger partial charge in [0.15, 0.2) is 23.3 Å². The van der Waals surface area contributed by atoms with E-state index in [-0.39, 0.29) is 0 Å². The van der Waals surface area contributed by atoms with E-state index >= 15 is 0 Å². The standard InChI is InChI=1S/C67H52N6/c1-41-33-43(3)62(44(4)34-41)51-27-30-54-55-31-28-52(63-45(5)35-42(2)36-46(63)6)39-61(55)73(60(54)38-51)59-32-29-53(66-68-57(47-19-11-7-12-20-47)40-58(69-66)48-21-13-8-14-22-48)37-56(59)67-71-64(49-23-15-9-16-24-49)70-65(72-67)50-25-17-10-18-26-50/h7-40H,1-6H3. The molecule has 0 fully saturated rings. The van der Waals surface area contributed by atoms with Gasteiger partial charge in [-0.2, -0.15) is 0 Å². The zero-order valence-corrected chi connectivity index (χ0v) is 41.8. The van der Waals surface area contributed by atoms with E-state index in [0.717, 1.165) is 83.4 Å². The van der Waals surface area contributed by atoms with Crippen LogP contribution in [0, 0.1) is 41.5 Å². The molecule has 6 heteroatoms. The van der Waals surface area contributed by atoms with Crippen LogP contribution in [0.1, 0.15) is 33.4 Å². The van der Waals surface area contributed by atoms with E-state index in [1.54, 1.807) is 0 Å². The molecule has 0 atom stereocenters.